The lowest BCUT2D eigenvalue weighted by atomic mass is 9.68. The second-order valence-electron chi connectivity index (χ2n) is 5.55. The summed E-state index contributed by atoms with van der Waals surface area (Å²) in [6.07, 6.45) is 1.81. The Morgan fingerprint density at radius 1 is 1.05 bits per heavy atom. The van der Waals surface area contributed by atoms with Crippen molar-refractivity contribution in [2.24, 2.45) is 0 Å². The first kappa shape index (κ1) is 12.9. The highest BCUT2D eigenvalue weighted by Crippen LogP contribution is 2.38. The zero-order valence-electron chi connectivity index (χ0n) is 11.8. The van der Waals surface area contributed by atoms with Gasteiger partial charge in [-0.3, -0.25) is 4.79 Å². The number of fused-ring (bicyclic) bond motifs is 1. The molecular formula is C18H18O2. The topological polar surface area (TPSA) is 26.3 Å². The third-order valence-electron chi connectivity index (χ3n) is 4.38. The quantitative estimate of drug-likeness (QED) is 0.826. The Bertz CT molecular complexity index is 643. The van der Waals surface area contributed by atoms with Crippen molar-refractivity contribution in [3.05, 3.63) is 65.2 Å². The molecule has 0 aromatic heterocycles. The second kappa shape index (κ2) is 4.78. The molecule has 2 nitrogen and oxygen atoms in total. The average Bonchev–Trinajstić information content (AvgIpc) is 2.51. The summed E-state index contributed by atoms with van der Waals surface area (Å²) in [5.41, 5.74) is 2.68. The average molecular weight is 266 g/mol. The van der Waals surface area contributed by atoms with Gasteiger partial charge in [0.1, 0.15) is 5.75 Å². The van der Waals surface area contributed by atoms with E-state index in [1.807, 2.05) is 49.4 Å². The van der Waals surface area contributed by atoms with E-state index in [9.17, 15) is 4.79 Å². The number of hydrogen-bond donors (Lipinski definition) is 0. The minimum Gasteiger partial charge on any atom is -0.497 e. The van der Waals surface area contributed by atoms with Gasteiger partial charge in [0.2, 0.25) is 0 Å². The van der Waals surface area contributed by atoms with Crippen molar-refractivity contribution in [2.45, 2.75) is 25.2 Å². The van der Waals surface area contributed by atoms with E-state index < -0.39 is 5.41 Å². The van der Waals surface area contributed by atoms with Crippen molar-refractivity contribution in [3.63, 3.8) is 0 Å². The lowest BCUT2D eigenvalue weighted by Gasteiger charge is -2.33. The highest BCUT2D eigenvalue weighted by Gasteiger charge is 2.39. The van der Waals surface area contributed by atoms with Gasteiger partial charge in [0.25, 0.3) is 0 Å². The standard InChI is InChI=1S/C18H18O2/c1-18(14-7-9-15(20-2)10-8-14)12-11-13-5-3-4-6-16(13)17(18)19/h3-10H,11-12H2,1-2H3. The predicted molar refractivity (Wildman–Crippen MR) is 79.4 cm³/mol. The van der Waals surface area contributed by atoms with E-state index in [2.05, 4.69) is 6.07 Å². The van der Waals surface area contributed by atoms with Gasteiger partial charge in [0.15, 0.2) is 5.78 Å². The van der Waals surface area contributed by atoms with Crippen LogP contribution in [0, 0.1) is 0 Å². The minimum atomic E-state index is -0.430. The van der Waals surface area contributed by atoms with Crippen LogP contribution in [-0.4, -0.2) is 12.9 Å². The van der Waals surface area contributed by atoms with Crippen molar-refractivity contribution in [2.75, 3.05) is 7.11 Å². The SMILES string of the molecule is COc1ccc(C2(C)CCc3ccccc3C2=O)cc1. The Morgan fingerprint density at radius 3 is 2.45 bits per heavy atom. The maximum absolute atomic E-state index is 12.9. The summed E-state index contributed by atoms with van der Waals surface area (Å²) in [6.45, 7) is 2.05. The normalized spacial score (nSPS) is 21.4. The molecular weight excluding hydrogens is 248 g/mol. The van der Waals surface area contributed by atoms with E-state index in [0.29, 0.717) is 0 Å². The summed E-state index contributed by atoms with van der Waals surface area (Å²) >= 11 is 0. The molecule has 0 N–H and O–H groups in total. The maximum Gasteiger partial charge on any atom is 0.173 e. The largest absolute Gasteiger partial charge is 0.497 e. The van der Waals surface area contributed by atoms with E-state index in [4.69, 9.17) is 4.74 Å². The molecule has 20 heavy (non-hydrogen) atoms. The van der Waals surface area contributed by atoms with Crippen LogP contribution >= 0.6 is 0 Å². The number of benzene rings is 2. The summed E-state index contributed by atoms with van der Waals surface area (Å²) in [7, 11) is 1.65. The number of ether oxygens (including phenoxy) is 1. The van der Waals surface area contributed by atoms with Crippen LogP contribution in [0.5, 0.6) is 5.75 Å². The highest BCUT2D eigenvalue weighted by molar-refractivity contribution is 6.06. The number of methoxy groups -OCH3 is 1. The summed E-state index contributed by atoms with van der Waals surface area (Å²) in [5, 5.41) is 0. The molecule has 1 unspecified atom stereocenters. The molecule has 0 aliphatic heterocycles. The van der Waals surface area contributed by atoms with Gasteiger partial charge >= 0.3 is 0 Å². The molecule has 0 fully saturated rings. The van der Waals surface area contributed by atoms with Crippen LogP contribution in [0.1, 0.15) is 34.8 Å². The number of Topliss-reactive ketones (excluding diaryl/α,β-unsaturated/α-hetero) is 1. The first-order valence-electron chi connectivity index (χ1n) is 6.92. The van der Waals surface area contributed by atoms with Gasteiger partial charge in [-0.05, 0) is 43.0 Å². The van der Waals surface area contributed by atoms with Crippen molar-refractivity contribution in [1.29, 1.82) is 0 Å². The maximum atomic E-state index is 12.9. The molecule has 0 saturated heterocycles. The van der Waals surface area contributed by atoms with Crippen molar-refractivity contribution >= 4 is 5.78 Å². The fraction of sp³-hybridized carbons (Fsp3) is 0.278. The molecule has 1 aliphatic rings. The zero-order valence-corrected chi connectivity index (χ0v) is 11.8. The number of rotatable bonds is 2. The van der Waals surface area contributed by atoms with Crippen LogP contribution in [0.2, 0.25) is 0 Å². The highest BCUT2D eigenvalue weighted by atomic mass is 16.5. The van der Waals surface area contributed by atoms with E-state index in [-0.39, 0.29) is 5.78 Å². The van der Waals surface area contributed by atoms with Crippen LogP contribution < -0.4 is 4.74 Å². The van der Waals surface area contributed by atoms with Crippen molar-refractivity contribution < 1.29 is 9.53 Å². The molecule has 0 saturated carbocycles. The fourth-order valence-electron chi connectivity index (χ4n) is 2.99. The Morgan fingerprint density at radius 2 is 1.75 bits per heavy atom. The van der Waals surface area contributed by atoms with Gasteiger partial charge in [-0.2, -0.15) is 0 Å². The molecule has 2 aromatic carbocycles. The molecule has 102 valence electrons. The van der Waals surface area contributed by atoms with Crippen LogP contribution in [0.15, 0.2) is 48.5 Å². The predicted octanol–water partition coefficient (Wildman–Crippen LogP) is 3.78. The Kier molecular flexibility index (Phi) is 3.09. The zero-order chi connectivity index (χ0) is 14.2. The third kappa shape index (κ3) is 1.92. The molecule has 2 aromatic rings. The molecule has 1 aliphatic carbocycles. The summed E-state index contributed by atoms with van der Waals surface area (Å²) in [4.78, 5) is 12.9. The van der Waals surface area contributed by atoms with E-state index in [1.165, 1.54) is 5.56 Å². The summed E-state index contributed by atoms with van der Waals surface area (Å²) < 4.78 is 5.19. The van der Waals surface area contributed by atoms with E-state index in [0.717, 1.165) is 29.7 Å². The van der Waals surface area contributed by atoms with Gasteiger partial charge < -0.3 is 4.74 Å². The Hall–Kier alpha value is -2.09. The second-order valence-corrected chi connectivity index (χ2v) is 5.55. The molecule has 0 radical (unpaired) electrons. The van der Waals surface area contributed by atoms with Crippen LogP contribution in [0.3, 0.4) is 0 Å². The molecule has 0 heterocycles. The van der Waals surface area contributed by atoms with Gasteiger partial charge in [-0.1, -0.05) is 36.4 Å². The summed E-state index contributed by atoms with van der Waals surface area (Å²) in [6, 6.07) is 15.8. The van der Waals surface area contributed by atoms with Gasteiger partial charge in [0.05, 0.1) is 12.5 Å². The van der Waals surface area contributed by atoms with E-state index in [1.54, 1.807) is 7.11 Å². The Labute approximate surface area is 119 Å². The third-order valence-corrected chi connectivity index (χ3v) is 4.38. The first-order chi connectivity index (χ1) is 9.65. The molecule has 0 spiro atoms. The smallest absolute Gasteiger partial charge is 0.173 e. The Balaban J connectivity index is 2.02. The van der Waals surface area contributed by atoms with Crippen LogP contribution in [-0.2, 0) is 11.8 Å². The molecule has 0 amide bonds. The van der Waals surface area contributed by atoms with Crippen LogP contribution in [0.4, 0.5) is 0 Å². The minimum absolute atomic E-state index is 0.226. The van der Waals surface area contributed by atoms with Gasteiger partial charge in [-0.15, -0.1) is 0 Å². The molecule has 3 rings (SSSR count). The van der Waals surface area contributed by atoms with Gasteiger partial charge in [0, 0.05) is 5.56 Å². The number of aryl methyl sites for hydroxylation is 1. The number of ketones is 1. The van der Waals surface area contributed by atoms with Crippen LogP contribution in [0.25, 0.3) is 0 Å². The van der Waals surface area contributed by atoms with Crippen molar-refractivity contribution in [1.82, 2.24) is 0 Å². The lowest BCUT2D eigenvalue weighted by molar-refractivity contribution is 0.0875. The van der Waals surface area contributed by atoms with Crippen molar-refractivity contribution in [3.8, 4) is 5.75 Å². The molecule has 0 bridgehead atoms. The van der Waals surface area contributed by atoms with E-state index >= 15 is 0 Å². The number of carbonyl (C=O) groups excluding carboxylic acids is 1. The first-order valence-corrected chi connectivity index (χ1v) is 6.92. The lowest BCUT2D eigenvalue weighted by Crippen LogP contribution is -2.37. The fourth-order valence-corrected chi connectivity index (χ4v) is 2.99. The summed E-state index contributed by atoms with van der Waals surface area (Å²) in [5.74, 6) is 1.05. The number of hydrogen-bond acceptors (Lipinski definition) is 2. The molecule has 2 heteroatoms. The van der Waals surface area contributed by atoms with Gasteiger partial charge in [-0.25, -0.2) is 0 Å². The monoisotopic (exact) mass is 266 g/mol. The number of carbonyl (C=O) groups is 1. The molecule has 1 atom stereocenters.